The van der Waals surface area contributed by atoms with Gasteiger partial charge in [0.2, 0.25) is 0 Å². The van der Waals surface area contributed by atoms with Crippen LogP contribution in [0.25, 0.3) is 0 Å². The molecule has 0 N–H and O–H groups in total. The Labute approximate surface area is 82.6 Å². The lowest BCUT2D eigenvalue weighted by Gasteiger charge is -2.05. The summed E-state index contributed by atoms with van der Waals surface area (Å²) in [6.07, 6.45) is 15.2. The quantitative estimate of drug-likeness (QED) is 0.543. The Kier molecular flexibility index (Phi) is 2.45. The van der Waals surface area contributed by atoms with Gasteiger partial charge >= 0.3 is 5.97 Å². The molecule has 0 spiro atoms. The lowest BCUT2D eigenvalue weighted by Crippen LogP contribution is -2.03. The van der Waals surface area contributed by atoms with Crippen molar-refractivity contribution in [2.24, 2.45) is 0 Å². The van der Waals surface area contributed by atoms with Gasteiger partial charge in [-0.2, -0.15) is 0 Å². The molecule has 0 saturated carbocycles. The first-order chi connectivity index (χ1) is 6.86. The Hall–Kier alpha value is -1.83. The highest BCUT2D eigenvalue weighted by Gasteiger charge is 2.11. The summed E-state index contributed by atoms with van der Waals surface area (Å²) < 4.78 is 5.16. The molecule has 0 bridgehead atoms. The number of rotatable bonds is 0. The fraction of sp³-hybridized carbons (Fsp3) is 0.0833. The molecule has 2 rings (SSSR count). The number of hydrogen-bond donors (Lipinski definition) is 0. The van der Waals surface area contributed by atoms with Crippen molar-refractivity contribution in [1.82, 2.24) is 0 Å². The van der Waals surface area contributed by atoms with Gasteiger partial charge in [-0.3, -0.25) is 4.79 Å². The summed E-state index contributed by atoms with van der Waals surface area (Å²) in [7, 11) is 0. The summed E-state index contributed by atoms with van der Waals surface area (Å²) in [5.74, 6) is 0.410. The molecule has 2 aliphatic rings. The normalized spacial score (nSPS) is 19.9. The molecule has 1 aliphatic carbocycles. The zero-order valence-corrected chi connectivity index (χ0v) is 7.64. The van der Waals surface area contributed by atoms with Crippen LogP contribution in [0.2, 0.25) is 0 Å². The van der Waals surface area contributed by atoms with Gasteiger partial charge in [0.05, 0.1) is 6.42 Å². The van der Waals surface area contributed by atoms with E-state index in [0.717, 1.165) is 5.57 Å². The zero-order chi connectivity index (χ0) is 9.80. The van der Waals surface area contributed by atoms with Crippen LogP contribution in [-0.4, -0.2) is 5.97 Å². The van der Waals surface area contributed by atoms with Crippen LogP contribution < -0.4 is 0 Å². The van der Waals surface area contributed by atoms with E-state index in [0.29, 0.717) is 12.2 Å². The third kappa shape index (κ3) is 1.91. The first kappa shape index (κ1) is 8.75. The second-order valence-corrected chi connectivity index (χ2v) is 3.00. The predicted molar refractivity (Wildman–Crippen MR) is 54.3 cm³/mol. The van der Waals surface area contributed by atoms with E-state index in [2.05, 4.69) is 0 Å². The number of esters is 1. The molecule has 2 heteroatoms. The number of carbonyl (C=O) groups is 1. The molecule has 0 aromatic carbocycles. The lowest BCUT2D eigenvalue weighted by molar-refractivity contribution is -0.138. The predicted octanol–water partition coefficient (Wildman–Crippen LogP) is 2.43. The van der Waals surface area contributed by atoms with Gasteiger partial charge in [0, 0.05) is 5.57 Å². The molecule has 0 aromatic heterocycles. The molecular formula is C12H10O2. The van der Waals surface area contributed by atoms with Gasteiger partial charge in [0.25, 0.3) is 0 Å². The van der Waals surface area contributed by atoms with Gasteiger partial charge in [0.15, 0.2) is 0 Å². The molecule has 70 valence electrons. The first-order valence-electron chi connectivity index (χ1n) is 4.49. The van der Waals surface area contributed by atoms with Crippen LogP contribution in [-0.2, 0) is 9.53 Å². The molecular weight excluding hydrogens is 176 g/mol. The first-order valence-corrected chi connectivity index (χ1v) is 4.49. The number of fused-ring (bicyclic) bond motifs is 1. The Morgan fingerprint density at radius 2 is 2.00 bits per heavy atom. The zero-order valence-electron chi connectivity index (χ0n) is 7.64. The maximum absolute atomic E-state index is 11.3. The monoisotopic (exact) mass is 186 g/mol. The number of hydrogen-bond acceptors (Lipinski definition) is 2. The topological polar surface area (TPSA) is 26.3 Å². The van der Waals surface area contributed by atoms with E-state index >= 15 is 0 Å². The molecule has 2 nitrogen and oxygen atoms in total. The molecule has 0 fully saturated rings. The third-order valence-electron chi connectivity index (χ3n) is 1.95. The molecule has 0 unspecified atom stereocenters. The van der Waals surface area contributed by atoms with Gasteiger partial charge in [-0.15, -0.1) is 0 Å². The Bertz CT molecular complexity index is 393. The largest absolute Gasteiger partial charge is 0.426 e. The van der Waals surface area contributed by atoms with Crippen LogP contribution in [0.5, 0.6) is 0 Å². The molecule has 1 aliphatic heterocycles. The maximum atomic E-state index is 11.3. The van der Waals surface area contributed by atoms with Crippen LogP contribution in [0.4, 0.5) is 0 Å². The van der Waals surface area contributed by atoms with Crippen molar-refractivity contribution in [3.63, 3.8) is 0 Å². The second-order valence-electron chi connectivity index (χ2n) is 3.00. The minimum Gasteiger partial charge on any atom is -0.426 e. The number of allylic oxidation sites excluding steroid dienone is 7. The fourth-order valence-corrected chi connectivity index (χ4v) is 1.28. The molecule has 0 saturated heterocycles. The average Bonchev–Trinajstić information content (AvgIpc) is 2.59. The molecule has 0 amide bonds. The van der Waals surface area contributed by atoms with Crippen molar-refractivity contribution in [2.45, 2.75) is 6.42 Å². The van der Waals surface area contributed by atoms with Gasteiger partial charge in [0.1, 0.15) is 5.76 Å². The summed E-state index contributed by atoms with van der Waals surface area (Å²) in [5, 5.41) is 0. The minimum absolute atomic E-state index is 0.225. The van der Waals surface area contributed by atoms with Crippen molar-refractivity contribution in [3.8, 4) is 0 Å². The maximum Gasteiger partial charge on any atom is 0.315 e. The van der Waals surface area contributed by atoms with E-state index in [-0.39, 0.29) is 5.97 Å². The second kappa shape index (κ2) is 3.92. The van der Waals surface area contributed by atoms with E-state index in [9.17, 15) is 4.79 Å². The highest BCUT2D eigenvalue weighted by molar-refractivity contribution is 5.74. The van der Waals surface area contributed by atoms with E-state index in [1.54, 1.807) is 12.2 Å². The van der Waals surface area contributed by atoms with Crippen molar-refractivity contribution in [3.05, 3.63) is 59.9 Å². The number of carbonyl (C=O) groups excluding carboxylic acids is 1. The Morgan fingerprint density at radius 3 is 2.93 bits per heavy atom. The van der Waals surface area contributed by atoms with Crippen molar-refractivity contribution >= 4 is 5.97 Å². The van der Waals surface area contributed by atoms with Crippen molar-refractivity contribution < 1.29 is 9.53 Å². The molecule has 0 aromatic rings. The van der Waals surface area contributed by atoms with E-state index in [4.69, 9.17) is 4.74 Å². The highest BCUT2D eigenvalue weighted by Crippen LogP contribution is 2.20. The molecule has 1 heterocycles. The summed E-state index contributed by atoms with van der Waals surface area (Å²) in [6, 6.07) is 0. The van der Waals surface area contributed by atoms with E-state index in [1.807, 2.05) is 36.5 Å². The van der Waals surface area contributed by atoms with Crippen LogP contribution in [0.1, 0.15) is 6.42 Å². The lowest BCUT2D eigenvalue weighted by atomic mass is 10.2. The minimum atomic E-state index is -0.225. The van der Waals surface area contributed by atoms with Crippen LogP contribution in [0.15, 0.2) is 59.9 Å². The van der Waals surface area contributed by atoms with Crippen molar-refractivity contribution in [1.29, 1.82) is 0 Å². The van der Waals surface area contributed by atoms with E-state index in [1.165, 1.54) is 0 Å². The summed E-state index contributed by atoms with van der Waals surface area (Å²) in [6.45, 7) is 0. The molecule has 14 heavy (non-hydrogen) atoms. The van der Waals surface area contributed by atoms with Crippen LogP contribution in [0.3, 0.4) is 0 Å². The van der Waals surface area contributed by atoms with Gasteiger partial charge in [-0.05, 0) is 6.08 Å². The fourth-order valence-electron chi connectivity index (χ4n) is 1.28. The third-order valence-corrected chi connectivity index (χ3v) is 1.95. The van der Waals surface area contributed by atoms with E-state index < -0.39 is 0 Å². The molecule has 0 radical (unpaired) electrons. The summed E-state index contributed by atoms with van der Waals surface area (Å²) >= 11 is 0. The van der Waals surface area contributed by atoms with Gasteiger partial charge in [-0.25, -0.2) is 0 Å². The van der Waals surface area contributed by atoms with Crippen LogP contribution in [0, 0.1) is 0 Å². The van der Waals surface area contributed by atoms with Crippen LogP contribution >= 0.6 is 0 Å². The van der Waals surface area contributed by atoms with Gasteiger partial charge < -0.3 is 4.74 Å². The summed E-state index contributed by atoms with van der Waals surface area (Å²) in [5.41, 5.74) is 0.935. The highest BCUT2D eigenvalue weighted by atomic mass is 16.5. The smallest absolute Gasteiger partial charge is 0.315 e. The van der Waals surface area contributed by atoms with Crippen molar-refractivity contribution in [2.75, 3.05) is 0 Å². The molecule has 0 atom stereocenters. The standard InChI is InChI=1S/C12H10O2/c13-12-9-4-2-1-3-6-10-7-5-8-11(10)14-12/h1-8H,9H2. The summed E-state index contributed by atoms with van der Waals surface area (Å²) in [4.78, 5) is 11.3. The Balaban J connectivity index is 2.29. The SMILES string of the molecule is O=C1CC=CC=CC=C2C=CC=C2O1. The number of ether oxygens (including phenoxy) is 1. The average molecular weight is 186 g/mol. The Morgan fingerprint density at radius 1 is 1.07 bits per heavy atom. The van der Waals surface area contributed by atoms with Gasteiger partial charge in [-0.1, -0.05) is 42.5 Å².